The highest BCUT2D eigenvalue weighted by molar-refractivity contribution is 6.42. The fourth-order valence-electron chi connectivity index (χ4n) is 3.05. The van der Waals surface area contributed by atoms with E-state index >= 15 is 0 Å². The quantitative estimate of drug-likeness (QED) is 0.646. The van der Waals surface area contributed by atoms with E-state index in [2.05, 4.69) is 10.3 Å². The summed E-state index contributed by atoms with van der Waals surface area (Å²) in [4.78, 5) is 28.6. The van der Waals surface area contributed by atoms with Crippen molar-refractivity contribution < 1.29 is 27.9 Å². The van der Waals surface area contributed by atoms with Crippen LogP contribution < -0.4 is 10.6 Å². The van der Waals surface area contributed by atoms with E-state index in [9.17, 15) is 27.9 Å². The summed E-state index contributed by atoms with van der Waals surface area (Å²) in [5.74, 6) is -3.30. The predicted molar refractivity (Wildman–Crippen MR) is 93.9 cm³/mol. The third-order valence-corrected chi connectivity index (χ3v) is 5.18. The molecule has 148 valence electrons. The molecule has 2 aromatic rings. The standard InChI is InChI=1S/C17H12Cl2F3N3O3/c18-10-5-1-4-9(12(10)19)13-11(14(26)8-3-2-6-23-7-8)16(28,17(20,21)22)25-15(27)24-13/h1-7,11,13,28H,(H2,24,25,27)/t11-,13+,16-/m0/s1. The Hall–Kier alpha value is -2.36. The number of hydrogen-bond donors (Lipinski definition) is 3. The first-order chi connectivity index (χ1) is 13.1. The van der Waals surface area contributed by atoms with Gasteiger partial charge in [0.25, 0.3) is 0 Å². The second kappa shape index (κ2) is 7.23. The number of Topliss-reactive ketones (excluding diaryl/α,β-unsaturated/α-hetero) is 1. The smallest absolute Gasteiger partial charge is 0.363 e. The monoisotopic (exact) mass is 433 g/mol. The van der Waals surface area contributed by atoms with Gasteiger partial charge in [0.1, 0.15) is 5.92 Å². The number of nitrogens with one attached hydrogen (secondary N) is 2. The third-order valence-electron chi connectivity index (χ3n) is 4.35. The molecule has 1 fully saturated rings. The lowest BCUT2D eigenvalue weighted by atomic mass is 9.77. The van der Waals surface area contributed by atoms with Crippen LogP contribution in [0.1, 0.15) is 22.0 Å². The number of aliphatic hydroxyl groups is 1. The number of urea groups is 1. The Balaban J connectivity index is 2.22. The number of pyridine rings is 1. The van der Waals surface area contributed by atoms with Gasteiger partial charge < -0.3 is 15.7 Å². The summed E-state index contributed by atoms with van der Waals surface area (Å²) in [6, 6.07) is 3.77. The van der Waals surface area contributed by atoms with Crippen LogP contribution >= 0.6 is 23.2 Å². The number of aromatic nitrogens is 1. The minimum Gasteiger partial charge on any atom is -0.363 e. The summed E-state index contributed by atoms with van der Waals surface area (Å²) in [5.41, 5.74) is -4.08. The lowest BCUT2D eigenvalue weighted by Gasteiger charge is -2.45. The molecule has 2 heterocycles. The maximum absolute atomic E-state index is 13.8. The van der Waals surface area contributed by atoms with Crippen molar-refractivity contribution >= 4 is 35.0 Å². The number of ketones is 1. The summed E-state index contributed by atoms with van der Waals surface area (Å²) in [7, 11) is 0. The molecule has 3 atom stereocenters. The van der Waals surface area contributed by atoms with E-state index in [0.29, 0.717) is 0 Å². The lowest BCUT2D eigenvalue weighted by molar-refractivity contribution is -0.287. The van der Waals surface area contributed by atoms with Gasteiger partial charge in [-0.15, -0.1) is 0 Å². The van der Waals surface area contributed by atoms with E-state index in [1.54, 1.807) is 0 Å². The summed E-state index contributed by atoms with van der Waals surface area (Å²) < 4.78 is 41.3. The van der Waals surface area contributed by atoms with Crippen LogP contribution in [0, 0.1) is 5.92 Å². The summed E-state index contributed by atoms with van der Waals surface area (Å²) in [6.07, 6.45) is -2.97. The van der Waals surface area contributed by atoms with Gasteiger partial charge >= 0.3 is 12.2 Å². The van der Waals surface area contributed by atoms with Crippen LogP contribution in [-0.2, 0) is 0 Å². The van der Waals surface area contributed by atoms with Gasteiger partial charge in [-0.05, 0) is 23.8 Å². The van der Waals surface area contributed by atoms with E-state index in [1.807, 2.05) is 0 Å². The average Bonchev–Trinajstić information content (AvgIpc) is 2.63. The molecule has 0 saturated carbocycles. The number of carbonyl (C=O) groups is 2. The van der Waals surface area contributed by atoms with Crippen molar-refractivity contribution in [1.82, 2.24) is 15.6 Å². The average molecular weight is 434 g/mol. The second-order valence-corrected chi connectivity index (χ2v) is 6.85. The topological polar surface area (TPSA) is 91.3 Å². The molecule has 1 aromatic carbocycles. The van der Waals surface area contributed by atoms with E-state index in [0.717, 1.165) is 6.20 Å². The zero-order valence-electron chi connectivity index (χ0n) is 13.8. The van der Waals surface area contributed by atoms with E-state index in [-0.39, 0.29) is 21.2 Å². The van der Waals surface area contributed by atoms with Crippen LogP contribution in [0.15, 0.2) is 42.7 Å². The van der Waals surface area contributed by atoms with Crippen molar-refractivity contribution in [3.8, 4) is 0 Å². The highest BCUT2D eigenvalue weighted by Gasteiger charge is 2.66. The van der Waals surface area contributed by atoms with Crippen LogP contribution in [0.2, 0.25) is 10.0 Å². The normalized spacial score (nSPS) is 25.0. The van der Waals surface area contributed by atoms with Crippen molar-refractivity contribution in [2.45, 2.75) is 17.9 Å². The van der Waals surface area contributed by atoms with Crippen LogP contribution in [0.25, 0.3) is 0 Å². The largest absolute Gasteiger partial charge is 0.437 e. The fourth-order valence-corrected chi connectivity index (χ4v) is 3.47. The number of alkyl halides is 3. The van der Waals surface area contributed by atoms with Crippen LogP contribution in [0.4, 0.5) is 18.0 Å². The number of rotatable bonds is 3. The molecule has 1 aliphatic heterocycles. The van der Waals surface area contributed by atoms with Crippen LogP contribution in [0.3, 0.4) is 0 Å². The molecule has 3 rings (SSSR count). The first kappa shape index (κ1) is 20.4. The van der Waals surface area contributed by atoms with Crippen molar-refractivity contribution in [3.05, 3.63) is 63.9 Å². The molecule has 3 N–H and O–H groups in total. The molecule has 1 aromatic heterocycles. The Morgan fingerprint density at radius 1 is 1.21 bits per heavy atom. The molecule has 0 spiro atoms. The Morgan fingerprint density at radius 3 is 2.54 bits per heavy atom. The molecule has 0 aliphatic carbocycles. The molecule has 1 saturated heterocycles. The van der Waals surface area contributed by atoms with Gasteiger partial charge in [-0.1, -0.05) is 35.3 Å². The Morgan fingerprint density at radius 2 is 1.93 bits per heavy atom. The summed E-state index contributed by atoms with van der Waals surface area (Å²) in [5, 5.41) is 14.0. The second-order valence-electron chi connectivity index (χ2n) is 6.07. The molecular formula is C17H12Cl2F3N3O3. The van der Waals surface area contributed by atoms with E-state index in [4.69, 9.17) is 23.2 Å². The van der Waals surface area contributed by atoms with Gasteiger partial charge in [0, 0.05) is 18.0 Å². The molecule has 0 unspecified atom stereocenters. The van der Waals surface area contributed by atoms with Gasteiger partial charge in [0.05, 0.1) is 16.1 Å². The maximum Gasteiger partial charge on any atom is 0.437 e. The summed E-state index contributed by atoms with van der Waals surface area (Å²) in [6.45, 7) is 0. The van der Waals surface area contributed by atoms with E-state index in [1.165, 1.54) is 41.8 Å². The van der Waals surface area contributed by atoms with Gasteiger partial charge in [-0.25, -0.2) is 4.79 Å². The number of hydrogen-bond acceptors (Lipinski definition) is 4. The predicted octanol–water partition coefficient (Wildman–Crippen LogP) is 3.49. The number of halogens is 5. The zero-order valence-corrected chi connectivity index (χ0v) is 15.3. The SMILES string of the molecule is O=C1N[C@H](c2cccc(Cl)c2Cl)[C@@H](C(=O)c2cccnc2)[C@](O)(C(F)(F)F)N1. The Kier molecular flexibility index (Phi) is 5.26. The Bertz CT molecular complexity index is 927. The van der Waals surface area contributed by atoms with E-state index < -0.39 is 35.7 Å². The molecule has 2 amide bonds. The van der Waals surface area contributed by atoms with Gasteiger partial charge in [0.15, 0.2) is 5.78 Å². The minimum absolute atomic E-state index is 0.00933. The molecule has 11 heteroatoms. The molecule has 28 heavy (non-hydrogen) atoms. The molecule has 0 bridgehead atoms. The van der Waals surface area contributed by atoms with Crippen molar-refractivity contribution in [2.75, 3.05) is 0 Å². The molecule has 1 aliphatic rings. The van der Waals surface area contributed by atoms with Gasteiger partial charge in [-0.2, -0.15) is 13.2 Å². The molecule has 0 radical (unpaired) electrons. The third kappa shape index (κ3) is 3.41. The van der Waals surface area contributed by atoms with Crippen molar-refractivity contribution in [3.63, 3.8) is 0 Å². The number of nitrogens with zero attached hydrogens (tertiary/aromatic N) is 1. The highest BCUT2D eigenvalue weighted by atomic mass is 35.5. The molecule has 6 nitrogen and oxygen atoms in total. The highest BCUT2D eigenvalue weighted by Crippen LogP contribution is 2.45. The summed E-state index contributed by atoms with van der Waals surface area (Å²) >= 11 is 12.0. The van der Waals surface area contributed by atoms with Gasteiger partial charge in [-0.3, -0.25) is 9.78 Å². The van der Waals surface area contributed by atoms with Crippen molar-refractivity contribution in [1.29, 1.82) is 0 Å². The lowest BCUT2D eigenvalue weighted by Crippen LogP contribution is -2.72. The first-order valence-electron chi connectivity index (χ1n) is 7.82. The van der Waals surface area contributed by atoms with Crippen molar-refractivity contribution in [2.24, 2.45) is 5.92 Å². The minimum atomic E-state index is -5.36. The number of benzene rings is 1. The molecular weight excluding hydrogens is 422 g/mol. The van der Waals surface area contributed by atoms with Gasteiger partial charge in [0.2, 0.25) is 5.72 Å². The maximum atomic E-state index is 13.8. The first-order valence-corrected chi connectivity index (χ1v) is 8.58. The fraction of sp³-hybridized carbons (Fsp3) is 0.235. The zero-order chi connectivity index (χ0) is 20.7. The Labute approximate surface area is 166 Å². The van der Waals surface area contributed by atoms with Crippen LogP contribution in [-0.4, -0.2) is 33.8 Å². The number of amides is 2. The van der Waals surface area contributed by atoms with Crippen LogP contribution in [0.5, 0.6) is 0 Å². The number of carbonyl (C=O) groups excluding carboxylic acids is 2.